The molecule has 2 heterocycles. The van der Waals surface area contributed by atoms with Crippen LogP contribution < -0.4 is 10.1 Å². The topological polar surface area (TPSA) is 24.5 Å². The summed E-state index contributed by atoms with van der Waals surface area (Å²) in [6, 6.07) is 6.76. The van der Waals surface area contributed by atoms with E-state index in [1.807, 2.05) is 0 Å². The van der Waals surface area contributed by atoms with E-state index in [1.165, 1.54) is 11.1 Å². The smallest absolute Gasteiger partial charge is 0.122 e. The van der Waals surface area contributed by atoms with Gasteiger partial charge >= 0.3 is 0 Å². The first kappa shape index (κ1) is 12.9. The zero-order valence-electron chi connectivity index (χ0n) is 12.0. The van der Waals surface area contributed by atoms with Gasteiger partial charge in [0.05, 0.1) is 6.61 Å². The van der Waals surface area contributed by atoms with Gasteiger partial charge in [0, 0.05) is 31.7 Å². The van der Waals surface area contributed by atoms with Gasteiger partial charge in [0.1, 0.15) is 5.75 Å². The van der Waals surface area contributed by atoms with Crippen molar-refractivity contribution in [2.45, 2.75) is 32.2 Å². The third-order valence-corrected chi connectivity index (χ3v) is 4.52. The quantitative estimate of drug-likeness (QED) is 0.882. The number of rotatable bonds is 2. The van der Waals surface area contributed by atoms with Gasteiger partial charge in [0.25, 0.3) is 0 Å². The van der Waals surface area contributed by atoms with Crippen LogP contribution in [-0.2, 0) is 12.0 Å². The number of nitrogens with zero attached hydrogens (tertiary/aromatic N) is 1. The Labute approximate surface area is 115 Å². The van der Waals surface area contributed by atoms with Gasteiger partial charge < -0.3 is 10.1 Å². The first-order valence-electron chi connectivity index (χ1n) is 7.40. The number of ether oxygens (including phenoxy) is 1. The summed E-state index contributed by atoms with van der Waals surface area (Å²) in [6.07, 6.45) is 2.30. The summed E-state index contributed by atoms with van der Waals surface area (Å²) in [4.78, 5) is 2.58. The maximum absolute atomic E-state index is 5.71. The van der Waals surface area contributed by atoms with Crippen LogP contribution in [0.15, 0.2) is 18.2 Å². The van der Waals surface area contributed by atoms with Crippen LogP contribution in [0.3, 0.4) is 0 Å². The van der Waals surface area contributed by atoms with Gasteiger partial charge in [-0.05, 0) is 43.9 Å². The number of hydrogen-bond acceptors (Lipinski definition) is 3. The van der Waals surface area contributed by atoms with Crippen molar-refractivity contribution in [1.29, 1.82) is 0 Å². The molecule has 0 aromatic heterocycles. The standard InChI is InChI=1S/C16H24N2O/c1-16(2,18-9-7-17-8-10-18)14-5-6-15-13(12-14)4-3-11-19-15/h5-6,12,17H,3-4,7-11H2,1-2H3. The predicted molar refractivity (Wildman–Crippen MR) is 77.7 cm³/mol. The molecule has 2 aliphatic rings. The van der Waals surface area contributed by atoms with Gasteiger partial charge in [-0.25, -0.2) is 0 Å². The molecule has 1 fully saturated rings. The SMILES string of the molecule is CC(C)(c1ccc2c(c1)CCCO2)N1CCNCC1. The minimum atomic E-state index is 0.106. The second-order valence-electron chi connectivity index (χ2n) is 6.07. The van der Waals surface area contributed by atoms with E-state index in [1.54, 1.807) is 0 Å². The molecule has 3 nitrogen and oxygen atoms in total. The summed E-state index contributed by atoms with van der Waals surface area (Å²) in [5.41, 5.74) is 2.90. The van der Waals surface area contributed by atoms with Crippen LogP contribution >= 0.6 is 0 Å². The Balaban J connectivity index is 1.87. The Bertz CT molecular complexity index is 450. The molecule has 0 aliphatic carbocycles. The van der Waals surface area contributed by atoms with E-state index >= 15 is 0 Å². The van der Waals surface area contributed by atoms with Gasteiger partial charge in [0.2, 0.25) is 0 Å². The Morgan fingerprint density at radius 2 is 2.00 bits per heavy atom. The summed E-state index contributed by atoms with van der Waals surface area (Å²) in [5, 5.41) is 3.43. The predicted octanol–water partition coefficient (Wildman–Crippen LogP) is 2.15. The lowest BCUT2D eigenvalue weighted by Crippen LogP contribution is -2.51. The first-order chi connectivity index (χ1) is 9.18. The maximum atomic E-state index is 5.71. The van der Waals surface area contributed by atoms with E-state index in [2.05, 4.69) is 42.3 Å². The molecule has 0 saturated carbocycles. The maximum Gasteiger partial charge on any atom is 0.122 e. The molecule has 1 N–H and O–H groups in total. The third-order valence-electron chi connectivity index (χ3n) is 4.52. The largest absolute Gasteiger partial charge is 0.493 e. The lowest BCUT2D eigenvalue weighted by Gasteiger charge is -2.42. The summed E-state index contributed by atoms with van der Waals surface area (Å²) in [6.45, 7) is 9.98. The zero-order valence-corrected chi connectivity index (χ0v) is 12.0. The molecule has 19 heavy (non-hydrogen) atoms. The van der Waals surface area contributed by atoms with Gasteiger partial charge in [-0.2, -0.15) is 0 Å². The molecule has 0 spiro atoms. The Morgan fingerprint density at radius 3 is 2.79 bits per heavy atom. The molecule has 0 amide bonds. The molecule has 1 saturated heterocycles. The minimum Gasteiger partial charge on any atom is -0.493 e. The van der Waals surface area contributed by atoms with E-state index in [9.17, 15) is 0 Å². The van der Waals surface area contributed by atoms with E-state index in [0.29, 0.717) is 0 Å². The molecule has 1 aromatic carbocycles. The molecular formula is C16H24N2O. The normalized spacial score (nSPS) is 20.7. The molecule has 3 heteroatoms. The van der Waals surface area contributed by atoms with Crippen molar-refractivity contribution >= 4 is 0 Å². The van der Waals surface area contributed by atoms with E-state index in [4.69, 9.17) is 4.74 Å². The van der Waals surface area contributed by atoms with Crippen LogP contribution in [0.1, 0.15) is 31.4 Å². The minimum absolute atomic E-state index is 0.106. The fourth-order valence-corrected chi connectivity index (χ4v) is 3.15. The van der Waals surface area contributed by atoms with E-state index in [0.717, 1.165) is 51.4 Å². The molecule has 1 aromatic rings. The van der Waals surface area contributed by atoms with Crippen molar-refractivity contribution in [3.05, 3.63) is 29.3 Å². The van der Waals surface area contributed by atoms with Gasteiger partial charge in [-0.3, -0.25) is 4.90 Å². The first-order valence-corrected chi connectivity index (χ1v) is 7.40. The molecule has 0 unspecified atom stereocenters. The van der Waals surface area contributed by atoms with Crippen molar-refractivity contribution in [3.63, 3.8) is 0 Å². The molecule has 104 valence electrons. The highest BCUT2D eigenvalue weighted by atomic mass is 16.5. The van der Waals surface area contributed by atoms with Crippen LogP contribution in [-0.4, -0.2) is 37.7 Å². The lowest BCUT2D eigenvalue weighted by atomic mass is 9.89. The molecule has 0 radical (unpaired) electrons. The zero-order chi connectivity index (χ0) is 13.3. The number of aryl methyl sites for hydroxylation is 1. The van der Waals surface area contributed by atoms with E-state index < -0.39 is 0 Å². The number of nitrogens with one attached hydrogen (secondary N) is 1. The van der Waals surface area contributed by atoms with Crippen molar-refractivity contribution in [2.24, 2.45) is 0 Å². The van der Waals surface area contributed by atoms with Gasteiger partial charge in [-0.15, -0.1) is 0 Å². The molecule has 2 aliphatic heterocycles. The highest BCUT2D eigenvalue weighted by molar-refractivity contribution is 5.40. The number of fused-ring (bicyclic) bond motifs is 1. The number of piperazine rings is 1. The highest BCUT2D eigenvalue weighted by Crippen LogP contribution is 2.33. The molecule has 0 atom stereocenters. The fourth-order valence-electron chi connectivity index (χ4n) is 3.15. The third kappa shape index (κ3) is 2.49. The lowest BCUT2D eigenvalue weighted by molar-refractivity contribution is 0.102. The van der Waals surface area contributed by atoms with Crippen LogP contribution in [0.4, 0.5) is 0 Å². The van der Waals surface area contributed by atoms with Crippen molar-refractivity contribution in [3.8, 4) is 5.75 Å². The molecular weight excluding hydrogens is 236 g/mol. The second kappa shape index (κ2) is 5.14. The Hall–Kier alpha value is -1.06. The van der Waals surface area contributed by atoms with Crippen LogP contribution in [0.5, 0.6) is 5.75 Å². The summed E-state index contributed by atoms with van der Waals surface area (Å²) in [7, 11) is 0. The van der Waals surface area contributed by atoms with Crippen molar-refractivity contribution in [1.82, 2.24) is 10.2 Å². The summed E-state index contributed by atoms with van der Waals surface area (Å²) in [5.74, 6) is 1.09. The fraction of sp³-hybridized carbons (Fsp3) is 0.625. The summed E-state index contributed by atoms with van der Waals surface area (Å²) >= 11 is 0. The highest BCUT2D eigenvalue weighted by Gasteiger charge is 2.30. The van der Waals surface area contributed by atoms with Crippen LogP contribution in [0.2, 0.25) is 0 Å². The van der Waals surface area contributed by atoms with E-state index in [-0.39, 0.29) is 5.54 Å². The second-order valence-corrected chi connectivity index (χ2v) is 6.07. The molecule has 0 bridgehead atoms. The molecule has 3 rings (SSSR count). The van der Waals surface area contributed by atoms with Crippen LogP contribution in [0.25, 0.3) is 0 Å². The van der Waals surface area contributed by atoms with Crippen LogP contribution in [0, 0.1) is 0 Å². The average molecular weight is 260 g/mol. The van der Waals surface area contributed by atoms with Crippen molar-refractivity contribution < 1.29 is 4.74 Å². The Kier molecular flexibility index (Phi) is 3.50. The summed E-state index contributed by atoms with van der Waals surface area (Å²) < 4.78 is 5.71. The monoisotopic (exact) mass is 260 g/mol. The average Bonchev–Trinajstić information content (AvgIpc) is 2.47. The van der Waals surface area contributed by atoms with Crippen molar-refractivity contribution in [2.75, 3.05) is 32.8 Å². The number of hydrogen-bond donors (Lipinski definition) is 1. The Morgan fingerprint density at radius 1 is 1.21 bits per heavy atom. The van der Waals surface area contributed by atoms with Gasteiger partial charge in [0.15, 0.2) is 0 Å². The van der Waals surface area contributed by atoms with Gasteiger partial charge in [-0.1, -0.05) is 12.1 Å². The number of benzene rings is 1.